The van der Waals surface area contributed by atoms with Gasteiger partial charge >= 0.3 is 5.97 Å². The molecule has 0 aliphatic rings. The number of esters is 1. The monoisotopic (exact) mass is 295 g/mol. The van der Waals surface area contributed by atoms with Crippen LogP contribution in [0, 0.1) is 9.52 Å². The molecule has 0 saturated heterocycles. The van der Waals surface area contributed by atoms with E-state index in [2.05, 4.69) is 4.98 Å². The van der Waals surface area contributed by atoms with E-state index in [0.717, 1.165) is 12.3 Å². The highest BCUT2D eigenvalue weighted by Gasteiger charge is 2.12. The average molecular weight is 295 g/mol. The summed E-state index contributed by atoms with van der Waals surface area (Å²) in [7, 11) is 0. The summed E-state index contributed by atoms with van der Waals surface area (Å²) in [5.74, 6) is -1.08. The minimum Gasteiger partial charge on any atom is -0.462 e. The molecule has 3 nitrogen and oxygen atoms in total. The van der Waals surface area contributed by atoms with E-state index in [1.807, 2.05) is 22.6 Å². The van der Waals surface area contributed by atoms with E-state index >= 15 is 0 Å². The predicted molar refractivity (Wildman–Crippen MR) is 52.9 cm³/mol. The first kappa shape index (κ1) is 10.4. The second kappa shape index (κ2) is 4.50. The van der Waals surface area contributed by atoms with Gasteiger partial charge in [-0.2, -0.15) is 0 Å². The van der Waals surface area contributed by atoms with Crippen molar-refractivity contribution in [1.82, 2.24) is 4.98 Å². The van der Waals surface area contributed by atoms with Crippen molar-refractivity contribution in [2.45, 2.75) is 6.92 Å². The molecular formula is C8H7FINO2. The van der Waals surface area contributed by atoms with Gasteiger partial charge in [-0.05, 0) is 35.6 Å². The van der Waals surface area contributed by atoms with E-state index in [0.29, 0.717) is 3.70 Å². The summed E-state index contributed by atoms with van der Waals surface area (Å²) < 4.78 is 17.8. The Morgan fingerprint density at radius 1 is 1.77 bits per heavy atom. The lowest BCUT2D eigenvalue weighted by molar-refractivity contribution is 0.0524. The zero-order valence-corrected chi connectivity index (χ0v) is 9.04. The van der Waals surface area contributed by atoms with Crippen molar-refractivity contribution in [1.29, 1.82) is 0 Å². The van der Waals surface area contributed by atoms with Gasteiger partial charge in [-0.3, -0.25) is 0 Å². The molecule has 0 N–H and O–H groups in total. The molecule has 0 aliphatic heterocycles. The number of ether oxygens (including phenoxy) is 1. The fraction of sp³-hybridized carbons (Fsp3) is 0.250. The lowest BCUT2D eigenvalue weighted by Crippen LogP contribution is -2.08. The summed E-state index contributed by atoms with van der Waals surface area (Å²) in [6.45, 7) is 1.96. The van der Waals surface area contributed by atoms with Crippen LogP contribution >= 0.6 is 22.6 Å². The molecule has 13 heavy (non-hydrogen) atoms. The van der Waals surface area contributed by atoms with Crippen LogP contribution in [0.4, 0.5) is 4.39 Å². The lowest BCUT2D eigenvalue weighted by atomic mass is 10.3. The number of halogens is 2. The summed E-state index contributed by atoms with van der Waals surface area (Å²) in [5.41, 5.74) is 0.169. The molecule has 1 aromatic rings. The van der Waals surface area contributed by atoms with E-state index in [1.54, 1.807) is 6.92 Å². The Labute approximate surface area is 88.4 Å². The molecule has 0 aromatic carbocycles. The fourth-order valence-electron chi connectivity index (χ4n) is 0.775. The third-order valence-corrected chi connectivity index (χ3v) is 2.16. The summed E-state index contributed by atoms with van der Waals surface area (Å²) in [6.07, 6.45) is 1.06. The molecule has 0 fully saturated rings. The van der Waals surface area contributed by atoms with Gasteiger partial charge in [0, 0.05) is 0 Å². The van der Waals surface area contributed by atoms with E-state index in [9.17, 15) is 9.18 Å². The molecule has 1 rings (SSSR count). The Bertz CT molecular complexity index is 330. The minimum atomic E-state index is -0.543. The number of hydrogen-bond acceptors (Lipinski definition) is 3. The molecule has 0 spiro atoms. The van der Waals surface area contributed by atoms with Crippen LogP contribution in [0.5, 0.6) is 0 Å². The normalized spacial score (nSPS) is 9.77. The molecule has 0 aliphatic carbocycles. The van der Waals surface area contributed by atoms with Crippen LogP contribution in [0.15, 0.2) is 12.3 Å². The zero-order valence-electron chi connectivity index (χ0n) is 6.88. The molecule has 0 unspecified atom stereocenters. The predicted octanol–water partition coefficient (Wildman–Crippen LogP) is 2.00. The van der Waals surface area contributed by atoms with Crippen molar-refractivity contribution >= 4 is 28.6 Å². The van der Waals surface area contributed by atoms with E-state index in [1.165, 1.54) is 0 Å². The van der Waals surface area contributed by atoms with Crippen molar-refractivity contribution in [3.8, 4) is 0 Å². The van der Waals surface area contributed by atoms with E-state index in [-0.39, 0.29) is 12.2 Å². The first-order valence-corrected chi connectivity index (χ1v) is 4.71. The van der Waals surface area contributed by atoms with Crippen molar-refractivity contribution in [3.05, 3.63) is 27.3 Å². The van der Waals surface area contributed by atoms with Crippen LogP contribution in [0.2, 0.25) is 0 Å². The molecule has 0 radical (unpaired) electrons. The van der Waals surface area contributed by atoms with Gasteiger partial charge in [0.25, 0.3) is 0 Å². The van der Waals surface area contributed by atoms with Crippen LogP contribution < -0.4 is 0 Å². The van der Waals surface area contributed by atoms with Gasteiger partial charge in [0.1, 0.15) is 9.52 Å². The number of carbonyl (C=O) groups excluding carboxylic acids is 1. The first-order chi connectivity index (χ1) is 6.15. The molecule has 5 heteroatoms. The summed E-state index contributed by atoms with van der Waals surface area (Å²) in [5, 5.41) is 0. The molecular weight excluding hydrogens is 288 g/mol. The number of carbonyl (C=O) groups is 1. The average Bonchev–Trinajstić information content (AvgIpc) is 2.09. The second-order valence-corrected chi connectivity index (χ2v) is 3.23. The van der Waals surface area contributed by atoms with Gasteiger partial charge in [-0.25, -0.2) is 14.2 Å². The van der Waals surface area contributed by atoms with Crippen LogP contribution in [0.3, 0.4) is 0 Å². The highest BCUT2D eigenvalue weighted by Crippen LogP contribution is 2.11. The van der Waals surface area contributed by atoms with Crippen LogP contribution in [-0.4, -0.2) is 17.6 Å². The van der Waals surface area contributed by atoms with Gasteiger partial charge in [0.05, 0.1) is 18.4 Å². The van der Waals surface area contributed by atoms with Gasteiger partial charge in [0.2, 0.25) is 0 Å². The highest BCUT2D eigenvalue weighted by atomic mass is 127. The maximum Gasteiger partial charge on any atom is 0.340 e. The Kier molecular flexibility index (Phi) is 3.58. The molecule has 0 bridgehead atoms. The number of nitrogens with zero attached hydrogens (tertiary/aromatic N) is 1. The van der Waals surface area contributed by atoms with Crippen molar-refractivity contribution in [2.75, 3.05) is 6.61 Å². The third kappa shape index (κ3) is 2.61. The second-order valence-electron chi connectivity index (χ2n) is 2.21. The highest BCUT2D eigenvalue weighted by molar-refractivity contribution is 14.1. The Balaban J connectivity index is 2.99. The van der Waals surface area contributed by atoms with Gasteiger partial charge < -0.3 is 4.74 Å². The maximum absolute atomic E-state index is 12.7. The smallest absolute Gasteiger partial charge is 0.340 e. The summed E-state index contributed by atoms with van der Waals surface area (Å²) in [6, 6.07) is 1.12. The van der Waals surface area contributed by atoms with Crippen molar-refractivity contribution in [2.24, 2.45) is 0 Å². The molecule has 0 amide bonds. The summed E-state index contributed by atoms with van der Waals surface area (Å²) in [4.78, 5) is 14.9. The Morgan fingerprint density at radius 2 is 2.46 bits per heavy atom. The van der Waals surface area contributed by atoms with Crippen LogP contribution in [0.25, 0.3) is 0 Å². The van der Waals surface area contributed by atoms with E-state index in [4.69, 9.17) is 4.74 Å². The number of rotatable bonds is 2. The van der Waals surface area contributed by atoms with Crippen LogP contribution in [-0.2, 0) is 4.74 Å². The first-order valence-electron chi connectivity index (χ1n) is 3.63. The topological polar surface area (TPSA) is 39.2 Å². The standard InChI is InChI=1S/C8H7FINO2/c1-2-13-8(12)6-3-5(9)4-11-7(6)10/h3-4H,2H2,1H3. The third-order valence-electron chi connectivity index (χ3n) is 1.30. The minimum absolute atomic E-state index is 0.169. The number of pyridine rings is 1. The molecule has 0 atom stereocenters. The molecule has 1 heterocycles. The molecule has 70 valence electrons. The maximum atomic E-state index is 12.7. The van der Waals surface area contributed by atoms with Crippen molar-refractivity contribution in [3.63, 3.8) is 0 Å². The summed E-state index contributed by atoms with van der Waals surface area (Å²) >= 11 is 1.85. The largest absolute Gasteiger partial charge is 0.462 e. The van der Waals surface area contributed by atoms with E-state index < -0.39 is 11.8 Å². The Morgan fingerprint density at radius 3 is 3.08 bits per heavy atom. The van der Waals surface area contributed by atoms with Crippen molar-refractivity contribution < 1.29 is 13.9 Å². The van der Waals surface area contributed by atoms with Gasteiger partial charge in [-0.15, -0.1) is 0 Å². The SMILES string of the molecule is CCOC(=O)c1cc(F)cnc1I. The lowest BCUT2D eigenvalue weighted by Gasteiger charge is -2.02. The Hall–Kier alpha value is -0.720. The number of hydrogen-bond donors (Lipinski definition) is 0. The molecule has 1 aromatic heterocycles. The molecule has 0 saturated carbocycles. The fourth-order valence-corrected chi connectivity index (χ4v) is 1.29. The quantitative estimate of drug-likeness (QED) is 0.476. The zero-order chi connectivity index (χ0) is 9.84. The van der Waals surface area contributed by atoms with Gasteiger partial charge in [0.15, 0.2) is 0 Å². The number of aromatic nitrogens is 1. The van der Waals surface area contributed by atoms with Gasteiger partial charge in [-0.1, -0.05) is 0 Å². The van der Waals surface area contributed by atoms with Crippen LogP contribution in [0.1, 0.15) is 17.3 Å².